The molecule has 2 heterocycles. The first-order chi connectivity index (χ1) is 15.9. The van der Waals surface area contributed by atoms with Crippen LogP contribution in [0.5, 0.6) is 0 Å². The van der Waals surface area contributed by atoms with Gasteiger partial charge in [0.1, 0.15) is 0 Å². The van der Waals surface area contributed by atoms with Crippen LogP contribution in [0.2, 0.25) is 0 Å². The fourth-order valence-electron chi connectivity index (χ4n) is 5.20. The molecular formula is C27H39F3N4O. The summed E-state index contributed by atoms with van der Waals surface area (Å²) in [6, 6.07) is 6.24. The third kappa shape index (κ3) is 6.87. The molecule has 1 aliphatic heterocycles. The fourth-order valence-corrected chi connectivity index (χ4v) is 5.20. The van der Waals surface area contributed by atoms with Crippen molar-refractivity contribution >= 4 is 5.91 Å². The molecule has 8 heteroatoms. The van der Waals surface area contributed by atoms with Gasteiger partial charge in [-0.2, -0.15) is 18.3 Å². The first-order valence-electron chi connectivity index (χ1n) is 12.2. The summed E-state index contributed by atoms with van der Waals surface area (Å²) >= 11 is 0. The van der Waals surface area contributed by atoms with Gasteiger partial charge in [-0.15, -0.1) is 0 Å². The molecule has 1 aromatic carbocycles. The molecule has 1 saturated heterocycles. The van der Waals surface area contributed by atoms with Gasteiger partial charge < -0.3 is 5.32 Å². The molecule has 0 radical (unpaired) electrons. The van der Waals surface area contributed by atoms with E-state index in [4.69, 9.17) is 5.10 Å². The minimum absolute atomic E-state index is 0.0305. The van der Waals surface area contributed by atoms with Crippen molar-refractivity contribution in [3.05, 3.63) is 53.3 Å². The van der Waals surface area contributed by atoms with Crippen LogP contribution in [0.1, 0.15) is 97.0 Å². The lowest BCUT2D eigenvalue weighted by Crippen LogP contribution is -2.51. The van der Waals surface area contributed by atoms with Crippen LogP contribution >= 0.6 is 0 Å². The van der Waals surface area contributed by atoms with Crippen molar-refractivity contribution in [2.75, 3.05) is 0 Å². The number of rotatable bonds is 5. The van der Waals surface area contributed by atoms with Gasteiger partial charge in [-0.25, -0.2) is 0 Å². The largest absolute Gasteiger partial charge is 0.416 e. The molecular weight excluding hydrogens is 453 g/mol. The van der Waals surface area contributed by atoms with E-state index in [0.717, 1.165) is 18.2 Å². The predicted octanol–water partition coefficient (Wildman–Crippen LogP) is 6.17. The molecule has 35 heavy (non-hydrogen) atoms. The number of alkyl halides is 3. The molecule has 3 atom stereocenters. The smallest absolute Gasteiger partial charge is 0.350 e. The van der Waals surface area contributed by atoms with Gasteiger partial charge >= 0.3 is 6.18 Å². The van der Waals surface area contributed by atoms with Crippen LogP contribution in [0.25, 0.3) is 0 Å². The zero-order valence-electron chi connectivity index (χ0n) is 22.0. The van der Waals surface area contributed by atoms with Crippen LogP contribution in [0, 0.1) is 5.41 Å². The highest BCUT2D eigenvalue weighted by molar-refractivity contribution is 5.83. The number of halogens is 3. The highest BCUT2D eigenvalue weighted by Crippen LogP contribution is 2.42. The van der Waals surface area contributed by atoms with Crippen molar-refractivity contribution in [3.8, 4) is 0 Å². The molecule has 1 unspecified atom stereocenters. The number of nitrogens with one attached hydrogen (secondary N) is 2. The Morgan fingerprint density at radius 2 is 1.74 bits per heavy atom. The van der Waals surface area contributed by atoms with Crippen LogP contribution in [-0.4, -0.2) is 27.3 Å². The van der Waals surface area contributed by atoms with E-state index in [9.17, 15) is 18.0 Å². The van der Waals surface area contributed by atoms with E-state index < -0.39 is 29.4 Å². The summed E-state index contributed by atoms with van der Waals surface area (Å²) in [4.78, 5) is 13.3. The van der Waals surface area contributed by atoms with Crippen LogP contribution in [-0.2, 0) is 16.5 Å². The van der Waals surface area contributed by atoms with Crippen LogP contribution < -0.4 is 10.6 Å². The predicted molar refractivity (Wildman–Crippen MR) is 132 cm³/mol. The Hall–Kier alpha value is -2.35. The molecule has 1 aliphatic rings. The van der Waals surface area contributed by atoms with Gasteiger partial charge in [-0.05, 0) is 76.6 Å². The molecule has 194 valence electrons. The number of nitrogens with zero attached hydrogens (tertiary/aromatic N) is 2. The number of benzene rings is 1. The molecule has 1 aromatic heterocycles. The maximum Gasteiger partial charge on any atom is 0.416 e. The van der Waals surface area contributed by atoms with Crippen molar-refractivity contribution in [3.63, 3.8) is 0 Å². The van der Waals surface area contributed by atoms with Crippen LogP contribution in [0.3, 0.4) is 0 Å². The standard InChI is InChI=1S/C27H39F3N4O/c1-24(2,3)16-26(7,8)32-23(35)21-15-19(20-12-13-34(33-20)25(4,5)6)22(31-21)17-10-9-11-18(14-17)27(28,29)30/h9-14,19,21-22,31H,15-16H2,1-8H3,(H,32,35)/t19?,21-,22-/m0/s1. The first kappa shape index (κ1) is 27.2. The maximum absolute atomic E-state index is 13.4. The van der Waals surface area contributed by atoms with E-state index >= 15 is 0 Å². The van der Waals surface area contributed by atoms with Gasteiger partial charge in [0, 0.05) is 23.7 Å². The van der Waals surface area contributed by atoms with Gasteiger partial charge in [0.2, 0.25) is 5.91 Å². The number of aromatic nitrogens is 2. The third-order valence-corrected chi connectivity index (χ3v) is 6.27. The highest BCUT2D eigenvalue weighted by atomic mass is 19.4. The van der Waals surface area contributed by atoms with E-state index in [1.54, 1.807) is 6.07 Å². The van der Waals surface area contributed by atoms with Gasteiger partial charge in [0.15, 0.2) is 0 Å². The van der Waals surface area contributed by atoms with E-state index in [1.165, 1.54) is 12.1 Å². The zero-order chi connectivity index (χ0) is 26.4. The van der Waals surface area contributed by atoms with Crippen molar-refractivity contribution in [1.82, 2.24) is 20.4 Å². The summed E-state index contributed by atoms with van der Waals surface area (Å²) in [7, 11) is 0. The zero-order valence-corrected chi connectivity index (χ0v) is 22.0. The fraction of sp³-hybridized carbons (Fsp3) is 0.630. The number of amides is 1. The number of hydrogen-bond acceptors (Lipinski definition) is 3. The highest BCUT2D eigenvalue weighted by Gasteiger charge is 2.42. The minimum atomic E-state index is -4.44. The quantitative estimate of drug-likeness (QED) is 0.524. The summed E-state index contributed by atoms with van der Waals surface area (Å²) in [6.45, 7) is 16.5. The average molecular weight is 493 g/mol. The normalized spacial score (nSPS) is 21.9. The van der Waals surface area contributed by atoms with Gasteiger partial charge in [0.25, 0.3) is 0 Å². The minimum Gasteiger partial charge on any atom is -0.350 e. The lowest BCUT2D eigenvalue weighted by molar-refractivity contribution is -0.137. The second kappa shape index (κ2) is 9.26. The summed E-state index contributed by atoms with van der Waals surface area (Å²) in [5.41, 5.74) is -0.0605. The van der Waals surface area contributed by atoms with E-state index in [-0.39, 0.29) is 22.8 Å². The Balaban J connectivity index is 1.93. The Bertz CT molecular complexity index is 1040. The molecule has 0 aliphatic carbocycles. The van der Waals surface area contributed by atoms with E-state index in [1.807, 2.05) is 51.6 Å². The molecule has 3 rings (SSSR count). The Labute approximate surface area is 206 Å². The van der Waals surface area contributed by atoms with Gasteiger partial charge in [-0.1, -0.05) is 32.9 Å². The van der Waals surface area contributed by atoms with Gasteiger partial charge in [0.05, 0.1) is 22.8 Å². The molecule has 2 N–H and O–H groups in total. The molecule has 5 nitrogen and oxygen atoms in total. The summed E-state index contributed by atoms with van der Waals surface area (Å²) in [5.74, 6) is -0.391. The molecule has 0 spiro atoms. The SMILES string of the molecule is CC(C)(C)CC(C)(C)NC(=O)[C@@H]1CC(c2ccn(C(C)(C)C)n2)[C@H](c2cccc(C(F)(F)F)c2)N1. The summed E-state index contributed by atoms with van der Waals surface area (Å²) in [5, 5.41) is 11.2. The Morgan fingerprint density at radius 1 is 1.09 bits per heavy atom. The number of hydrogen-bond donors (Lipinski definition) is 2. The average Bonchev–Trinajstić information content (AvgIpc) is 3.32. The monoisotopic (exact) mass is 492 g/mol. The second-order valence-corrected chi connectivity index (χ2v) is 12.6. The van der Waals surface area contributed by atoms with Crippen molar-refractivity contribution in [1.29, 1.82) is 0 Å². The van der Waals surface area contributed by atoms with Crippen molar-refractivity contribution < 1.29 is 18.0 Å². The molecule has 2 aromatic rings. The maximum atomic E-state index is 13.4. The molecule has 1 fully saturated rings. The second-order valence-electron chi connectivity index (χ2n) is 12.6. The Morgan fingerprint density at radius 3 is 2.29 bits per heavy atom. The third-order valence-electron chi connectivity index (χ3n) is 6.27. The van der Waals surface area contributed by atoms with Crippen molar-refractivity contribution in [2.24, 2.45) is 5.41 Å². The lowest BCUT2D eigenvalue weighted by atomic mass is 9.81. The number of carbonyl (C=O) groups excluding carboxylic acids is 1. The summed E-state index contributed by atoms with van der Waals surface area (Å²) < 4.78 is 42.2. The molecule has 1 amide bonds. The molecule has 0 saturated carbocycles. The number of carbonyl (C=O) groups is 1. The molecule has 0 bridgehead atoms. The Kier molecular flexibility index (Phi) is 7.21. The van der Waals surface area contributed by atoms with Crippen molar-refractivity contribution in [2.45, 2.75) is 103 Å². The van der Waals surface area contributed by atoms with Crippen LogP contribution in [0.15, 0.2) is 36.5 Å². The summed E-state index contributed by atoms with van der Waals surface area (Å²) in [6.07, 6.45) is -1.32. The van der Waals surface area contributed by atoms with E-state index in [2.05, 4.69) is 31.4 Å². The topological polar surface area (TPSA) is 59.0 Å². The van der Waals surface area contributed by atoms with E-state index in [0.29, 0.717) is 12.0 Å². The first-order valence-corrected chi connectivity index (χ1v) is 12.2. The van der Waals surface area contributed by atoms with Crippen LogP contribution in [0.4, 0.5) is 13.2 Å². The van der Waals surface area contributed by atoms with Gasteiger partial charge in [-0.3, -0.25) is 14.8 Å². The lowest BCUT2D eigenvalue weighted by Gasteiger charge is -2.34.